The minimum Gasteiger partial charge on any atom is -0.508 e. The Labute approximate surface area is 125 Å². The van der Waals surface area contributed by atoms with Crippen molar-refractivity contribution in [1.29, 1.82) is 5.26 Å². The largest absolute Gasteiger partial charge is 0.508 e. The van der Waals surface area contributed by atoms with E-state index in [0.29, 0.717) is 16.2 Å². The first kappa shape index (κ1) is 14.9. The molecule has 2 rings (SSSR count). The smallest absolute Gasteiger partial charge is 0.227 e. The van der Waals surface area contributed by atoms with Crippen LogP contribution in [0.25, 0.3) is 0 Å². The second-order valence-electron chi connectivity index (χ2n) is 4.51. The zero-order valence-electron chi connectivity index (χ0n) is 11.0. The number of primary amides is 1. The Balaban J connectivity index is 2.39. The number of nitriles is 1. The summed E-state index contributed by atoms with van der Waals surface area (Å²) in [4.78, 5) is 22.7. The Hall–Kier alpha value is -2.46. The predicted molar refractivity (Wildman–Crippen MR) is 77.9 cm³/mol. The fourth-order valence-electron chi connectivity index (χ4n) is 2.10. The molecule has 6 nitrogen and oxygen atoms in total. The molecule has 1 aromatic carbocycles. The van der Waals surface area contributed by atoms with E-state index in [4.69, 9.17) is 5.73 Å². The molecule has 1 heterocycles. The van der Waals surface area contributed by atoms with Gasteiger partial charge in [0, 0.05) is 12.3 Å². The van der Waals surface area contributed by atoms with Crippen molar-refractivity contribution in [2.24, 2.45) is 5.73 Å². The number of nitrogens with zero attached hydrogens (tertiary/aromatic N) is 1. The maximum absolute atomic E-state index is 11.8. The van der Waals surface area contributed by atoms with E-state index in [1.54, 1.807) is 12.1 Å². The number of thioether (sulfide) groups is 1. The Morgan fingerprint density at radius 2 is 2.33 bits per heavy atom. The second kappa shape index (κ2) is 6.33. The molecule has 1 unspecified atom stereocenters. The number of carbonyl (C=O) groups is 2. The Kier molecular flexibility index (Phi) is 4.50. The van der Waals surface area contributed by atoms with Gasteiger partial charge < -0.3 is 16.2 Å². The van der Waals surface area contributed by atoms with E-state index in [9.17, 15) is 20.0 Å². The summed E-state index contributed by atoms with van der Waals surface area (Å²) in [5, 5.41) is 21.9. The van der Waals surface area contributed by atoms with Crippen LogP contribution in [0.2, 0.25) is 0 Å². The third kappa shape index (κ3) is 3.55. The van der Waals surface area contributed by atoms with Gasteiger partial charge in [0.1, 0.15) is 5.75 Å². The van der Waals surface area contributed by atoms with Crippen LogP contribution < -0.4 is 11.1 Å². The molecule has 7 heteroatoms. The fraction of sp³-hybridized carbons (Fsp3) is 0.214. The normalized spacial score (nSPS) is 18.0. The van der Waals surface area contributed by atoms with Gasteiger partial charge >= 0.3 is 0 Å². The standard InChI is InChI=1S/C14H13N3O3S/c15-6-11-10(8-2-1-3-9(18)4-8)5-13(20)17-14(11)21-7-12(16)19/h1-4,10,18H,5,7H2,(H2,16,19)(H,17,20). The third-order valence-corrected chi connectivity index (χ3v) is 4.03. The highest BCUT2D eigenvalue weighted by Gasteiger charge is 2.29. The maximum atomic E-state index is 11.8. The van der Waals surface area contributed by atoms with E-state index in [1.807, 2.05) is 0 Å². The van der Waals surface area contributed by atoms with Gasteiger partial charge in [-0.25, -0.2) is 0 Å². The molecule has 0 bridgehead atoms. The molecule has 0 spiro atoms. The van der Waals surface area contributed by atoms with E-state index >= 15 is 0 Å². The van der Waals surface area contributed by atoms with E-state index < -0.39 is 11.8 Å². The van der Waals surface area contributed by atoms with Crippen molar-refractivity contribution in [3.8, 4) is 11.8 Å². The highest BCUT2D eigenvalue weighted by Crippen LogP contribution is 2.36. The molecule has 1 aliphatic heterocycles. The van der Waals surface area contributed by atoms with Crippen LogP contribution in [-0.2, 0) is 9.59 Å². The lowest BCUT2D eigenvalue weighted by molar-refractivity contribution is -0.121. The molecule has 2 amide bonds. The van der Waals surface area contributed by atoms with Crippen molar-refractivity contribution in [1.82, 2.24) is 5.32 Å². The van der Waals surface area contributed by atoms with Crippen LogP contribution in [0.15, 0.2) is 34.9 Å². The zero-order chi connectivity index (χ0) is 15.4. The first-order valence-electron chi connectivity index (χ1n) is 6.15. The van der Waals surface area contributed by atoms with Crippen LogP contribution in [0, 0.1) is 11.3 Å². The number of carbonyl (C=O) groups excluding carboxylic acids is 2. The van der Waals surface area contributed by atoms with Gasteiger partial charge in [0.15, 0.2) is 0 Å². The molecule has 0 saturated carbocycles. The zero-order valence-corrected chi connectivity index (χ0v) is 11.8. The summed E-state index contributed by atoms with van der Waals surface area (Å²) >= 11 is 1.03. The SMILES string of the molecule is N#CC1=C(SCC(N)=O)NC(=O)CC1c1cccc(O)c1. The van der Waals surface area contributed by atoms with Crippen LogP contribution in [0.4, 0.5) is 0 Å². The lowest BCUT2D eigenvalue weighted by Gasteiger charge is -2.24. The predicted octanol–water partition coefficient (Wildman–Crippen LogP) is 0.949. The minimum atomic E-state index is -0.529. The van der Waals surface area contributed by atoms with Crippen LogP contribution >= 0.6 is 11.8 Å². The van der Waals surface area contributed by atoms with E-state index in [1.165, 1.54) is 12.1 Å². The molecular formula is C14H13N3O3S. The highest BCUT2D eigenvalue weighted by molar-refractivity contribution is 8.03. The number of nitrogens with two attached hydrogens (primary N) is 1. The molecule has 21 heavy (non-hydrogen) atoms. The molecule has 4 N–H and O–H groups in total. The number of amides is 2. The summed E-state index contributed by atoms with van der Waals surface area (Å²) in [6.45, 7) is 0. The van der Waals surface area contributed by atoms with Gasteiger partial charge in [-0.15, -0.1) is 0 Å². The summed E-state index contributed by atoms with van der Waals surface area (Å²) in [5.74, 6) is -1.16. The summed E-state index contributed by atoms with van der Waals surface area (Å²) in [7, 11) is 0. The van der Waals surface area contributed by atoms with Gasteiger partial charge in [-0.3, -0.25) is 9.59 Å². The fourth-order valence-corrected chi connectivity index (χ4v) is 2.92. The Morgan fingerprint density at radius 3 is 2.95 bits per heavy atom. The molecule has 0 radical (unpaired) electrons. The topological polar surface area (TPSA) is 116 Å². The average Bonchev–Trinajstić information content (AvgIpc) is 2.44. The lowest BCUT2D eigenvalue weighted by Crippen LogP contribution is -2.31. The Bertz CT molecular complexity index is 664. The number of phenols is 1. The van der Waals surface area contributed by atoms with Gasteiger partial charge in [0.05, 0.1) is 22.4 Å². The molecule has 0 fully saturated rings. The summed E-state index contributed by atoms with van der Waals surface area (Å²) in [6, 6.07) is 8.52. The van der Waals surface area contributed by atoms with E-state index in [2.05, 4.69) is 11.4 Å². The maximum Gasteiger partial charge on any atom is 0.227 e. The number of hydrogen-bond donors (Lipinski definition) is 3. The lowest BCUT2D eigenvalue weighted by atomic mass is 9.87. The van der Waals surface area contributed by atoms with Gasteiger partial charge in [0.2, 0.25) is 11.8 Å². The van der Waals surface area contributed by atoms with Crippen molar-refractivity contribution in [3.05, 3.63) is 40.4 Å². The van der Waals surface area contributed by atoms with Crippen molar-refractivity contribution in [3.63, 3.8) is 0 Å². The molecule has 1 aliphatic rings. The van der Waals surface area contributed by atoms with Gasteiger partial charge in [-0.05, 0) is 17.7 Å². The first-order valence-corrected chi connectivity index (χ1v) is 7.14. The van der Waals surface area contributed by atoms with Crippen LogP contribution in [0.5, 0.6) is 5.75 Å². The molecule has 0 saturated heterocycles. The van der Waals surface area contributed by atoms with Gasteiger partial charge in [-0.2, -0.15) is 5.26 Å². The average molecular weight is 303 g/mol. The third-order valence-electron chi connectivity index (χ3n) is 2.99. The second-order valence-corrected chi connectivity index (χ2v) is 5.50. The summed E-state index contributed by atoms with van der Waals surface area (Å²) < 4.78 is 0. The number of nitrogens with one attached hydrogen (secondary N) is 1. The monoisotopic (exact) mass is 303 g/mol. The highest BCUT2D eigenvalue weighted by atomic mass is 32.2. The number of hydrogen-bond acceptors (Lipinski definition) is 5. The Morgan fingerprint density at radius 1 is 1.57 bits per heavy atom. The van der Waals surface area contributed by atoms with Crippen molar-refractivity contribution in [2.75, 3.05) is 5.75 Å². The van der Waals surface area contributed by atoms with Crippen LogP contribution in [0.3, 0.4) is 0 Å². The van der Waals surface area contributed by atoms with Gasteiger partial charge in [-0.1, -0.05) is 23.9 Å². The van der Waals surface area contributed by atoms with Crippen molar-refractivity contribution < 1.29 is 14.7 Å². The van der Waals surface area contributed by atoms with Crippen molar-refractivity contribution in [2.45, 2.75) is 12.3 Å². The minimum absolute atomic E-state index is 0.0203. The summed E-state index contributed by atoms with van der Waals surface area (Å²) in [5.41, 5.74) is 6.13. The summed E-state index contributed by atoms with van der Waals surface area (Å²) in [6.07, 6.45) is 0.118. The molecule has 1 atom stereocenters. The van der Waals surface area contributed by atoms with E-state index in [0.717, 1.165) is 11.8 Å². The van der Waals surface area contributed by atoms with Crippen LogP contribution in [-0.4, -0.2) is 22.7 Å². The number of benzene rings is 1. The number of phenolic OH excluding ortho intramolecular Hbond substituents is 1. The van der Waals surface area contributed by atoms with E-state index in [-0.39, 0.29) is 23.8 Å². The quantitative estimate of drug-likeness (QED) is 0.765. The molecule has 108 valence electrons. The number of allylic oxidation sites excluding steroid dienone is 1. The number of rotatable bonds is 4. The molecule has 0 aliphatic carbocycles. The van der Waals surface area contributed by atoms with Crippen LogP contribution in [0.1, 0.15) is 17.9 Å². The van der Waals surface area contributed by atoms with Crippen molar-refractivity contribution >= 4 is 23.6 Å². The molecule has 1 aromatic rings. The van der Waals surface area contributed by atoms with Gasteiger partial charge in [0.25, 0.3) is 0 Å². The molecule has 0 aromatic heterocycles. The molecular weight excluding hydrogens is 290 g/mol. The number of aromatic hydroxyl groups is 1. The first-order chi connectivity index (χ1) is 10.0.